The lowest BCUT2D eigenvalue weighted by Crippen LogP contribution is -2.33. The lowest BCUT2D eigenvalue weighted by molar-refractivity contribution is 0.288. The van der Waals surface area contributed by atoms with Gasteiger partial charge >= 0.3 is 0 Å². The molecule has 1 aromatic carbocycles. The highest BCUT2D eigenvalue weighted by molar-refractivity contribution is 9.10. The van der Waals surface area contributed by atoms with Crippen LogP contribution in [0.3, 0.4) is 0 Å². The first-order valence-electron chi connectivity index (χ1n) is 7.82. The van der Waals surface area contributed by atoms with Gasteiger partial charge in [0.25, 0.3) is 0 Å². The van der Waals surface area contributed by atoms with Crippen LogP contribution in [-0.4, -0.2) is 30.8 Å². The van der Waals surface area contributed by atoms with E-state index in [1.54, 1.807) is 0 Å². The van der Waals surface area contributed by atoms with E-state index in [2.05, 4.69) is 72.0 Å². The van der Waals surface area contributed by atoms with Crippen LogP contribution in [0.5, 0.6) is 0 Å². The summed E-state index contributed by atoms with van der Waals surface area (Å²) in [7, 11) is 0. The van der Waals surface area contributed by atoms with Gasteiger partial charge in [0.2, 0.25) is 0 Å². The van der Waals surface area contributed by atoms with Gasteiger partial charge < -0.3 is 15.3 Å². The largest absolute Gasteiger partial charge is 0.396 e. The molecule has 0 aliphatic rings. The maximum atomic E-state index is 9.12. The molecule has 0 atom stereocenters. The Bertz CT molecular complexity index is 421. The van der Waals surface area contributed by atoms with Gasteiger partial charge in [-0.05, 0) is 50.4 Å². The van der Waals surface area contributed by atoms with Crippen molar-refractivity contribution < 1.29 is 5.11 Å². The van der Waals surface area contributed by atoms with Crippen molar-refractivity contribution in [1.29, 1.82) is 0 Å². The summed E-state index contributed by atoms with van der Waals surface area (Å²) in [6, 6.07) is 6.88. The molecule has 0 aliphatic heterocycles. The average molecular weight is 357 g/mol. The van der Waals surface area contributed by atoms with E-state index >= 15 is 0 Å². The van der Waals surface area contributed by atoms with Gasteiger partial charge in [0.1, 0.15) is 0 Å². The number of anilines is 1. The van der Waals surface area contributed by atoms with Gasteiger partial charge in [-0.25, -0.2) is 0 Å². The zero-order valence-electron chi connectivity index (χ0n) is 13.7. The monoisotopic (exact) mass is 356 g/mol. The molecule has 0 saturated heterocycles. The Morgan fingerprint density at radius 3 is 2.52 bits per heavy atom. The topological polar surface area (TPSA) is 35.5 Å². The average Bonchev–Trinajstić information content (AvgIpc) is 2.40. The van der Waals surface area contributed by atoms with Crippen LogP contribution in [-0.2, 0) is 6.54 Å². The highest BCUT2D eigenvalue weighted by Gasteiger charge is 2.14. The van der Waals surface area contributed by atoms with Gasteiger partial charge in [-0.1, -0.05) is 35.8 Å². The number of aliphatic hydroxyl groups excluding tert-OH is 1. The van der Waals surface area contributed by atoms with Gasteiger partial charge in [-0.3, -0.25) is 0 Å². The minimum atomic E-state index is 0.234. The molecule has 1 aromatic rings. The van der Waals surface area contributed by atoms with E-state index in [9.17, 15) is 0 Å². The number of hydrogen-bond donors (Lipinski definition) is 2. The van der Waals surface area contributed by atoms with E-state index < -0.39 is 0 Å². The summed E-state index contributed by atoms with van der Waals surface area (Å²) in [6.45, 7) is 11.8. The molecule has 0 spiro atoms. The number of hydrogen-bond acceptors (Lipinski definition) is 3. The third kappa shape index (κ3) is 6.37. The maximum absolute atomic E-state index is 9.12. The number of benzene rings is 1. The van der Waals surface area contributed by atoms with Crippen LogP contribution in [0.25, 0.3) is 0 Å². The van der Waals surface area contributed by atoms with Crippen LogP contribution in [0.15, 0.2) is 22.7 Å². The number of nitrogens with zero attached hydrogens (tertiary/aromatic N) is 1. The molecule has 0 bridgehead atoms. The highest BCUT2D eigenvalue weighted by Crippen LogP contribution is 2.27. The maximum Gasteiger partial charge on any atom is 0.0447 e. The molecule has 1 rings (SSSR count). The molecular formula is C17H29BrN2O. The quantitative estimate of drug-likeness (QED) is 0.706. The van der Waals surface area contributed by atoms with E-state index in [1.165, 1.54) is 11.3 Å². The van der Waals surface area contributed by atoms with Crippen molar-refractivity contribution in [3.05, 3.63) is 28.2 Å². The number of nitrogens with one attached hydrogen (secondary N) is 1. The lowest BCUT2D eigenvalue weighted by Gasteiger charge is -2.31. The van der Waals surface area contributed by atoms with Crippen LogP contribution < -0.4 is 10.2 Å². The van der Waals surface area contributed by atoms with Crippen LogP contribution >= 0.6 is 15.9 Å². The van der Waals surface area contributed by atoms with Gasteiger partial charge in [0.05, 0.1) is 0 Å². The number of rotatable bonds is 9. The fourth-order valence-electron chi connectivity index (χ4n) is 2.35. The molecule has 0 saturated carbocycles. The smallest absolute Gasteiger partial charge is 0.0447 e. The molecular weight excluding hydrogens is 328 g/mol. The first-order valence-corrected chi connectivity index (χ1v) is 8.61. The fourth-order valence-corrected chi connectivity index (χ4v) is 2.70. The molecule has 120 valence electrons. The summed E-state index contributed by atoms with van der Waals surface area (Å²) in [5.74, 6) is 0.652. The minimum Gasteiger partial charge on any atom is -0.396 e. The summed E-state index contributed by atoms with van der Waals surface area (Å²) >= 11 is 3.58. The zero-order valence-corrected chi connectivity index (χ0v) is 15.3. The molecule has 0 radical (unpaired) electrons. The van der Waals surface area contributed by atoms with Crippen molar-refractivity contribution in [3.63, 3.8) is 0 Å². The van der Waals surface area contributed by atoms with Gasteiger partial charge in [-0.2, -0.15) is 0 Å². The predicted molar refractivity (Wildman–Crippen MR) is 94.9 cm³/mol. The minimum absolute atomic E-state index is 0.234. The Balaban J connectivity index is 2.92. The van der Waals surface area contributed by atoms with Crippen molar-refractivity contribution in [1.82, 2.24) is 5.32 Å². The Hall–Kier alpha value is -0.580. The Kier molecular flexibility index (Phi) is 8.30. The molecule has 0 aliphatic carbocycles. The first kappa shape index (κ1) is 18.5. The van der Waals surface area contributed by atoms with E-state index in [-0.39, 0.29) is 6.61 Å². The third-order valence-electron chi connectivity index (χ3n) is 3.41. The van der Waals surface area contributed by atoms with E-state index in [0.717, 1.165) is 30.5 Å². The van der Waals surface area contributed by atoms with E-state index in [4.69, 9.17) is 5.11 Å². The molecule has 4 heteroatoms. The standard InChI is InChI=1S/C17H29BrN2O/c1-13(2)11-19-12-15-6-7-16(18)10-17(15)20(14(3)4)8-5-9-21/h6-7,10,13-14,19,21H,5,8-9,11-12H2,1-4H3. The summed E-state index contributed by atoms with van der Waals surface area (Å²) in [6.07, 6.45) is 0.795. The lowest BCUT2D eigenvalue weighted by atomic mass is 10.1. The molecule has 0 amide bonds. The van der Waals surface area contributed by atoms with Crippen LogP contribution in [0.4, 0.5) is 5.69 Å². The van der Waals surface area contributed by atoms with Crippen LogP contribution in [0.1, 0.15) is 39.7 Å². The van der Waals surface area contributed by atoms with Crippen LogP contribution in [0, 0.1) is 5.92 Å². The summed E-state index contributed by atoms with van der Waals surface area (Å²) in [5, 5.41) is 12.6. The summed E-state index contributed by atoms with van der Waals surface area (Å²) in [5.41, 5.74) is 2.56. The predicted octanol–water partition coefficient (Wildman–Crippen LogP) is 3.79. The van der Waals surface area contributed by atoms with Crippen molar-refractivity contribution in [3.8, 4) is 0 Å². The molecule has 21 heavy (non-hydrogen) atoms. The van der Waals surface area contributed by atoms with Crippen molar-refractivity contribution >= 4 is 21.6 Å². The van der Waals surface area contributed by atoms with Crippen molar-refractivity contribution in [2.75, 3.05) is 24.6 Å². The van der Waals surface area contributed by atoms with Crippen molar-refractivity contribution in [2.45, 2.75) is 46.7 Å². The van der Waals surface area contributed by atoms with Gasteiger partial charge in [0, 0.05) is 35.9 Å². The SMILES string of the molecule is CC(C)CNCc1ccc(Br)cc1N(CCCO)C(C)C. The molecule has 3 nitrogen and oxygen atoms in total. The zero-order chi connectivity index (χ0) is 15.8. The summed E-state index contributed by atoms with van der Waals surface area (Å²) < 4.78 is 1.10. The molecule has 0 fully saturated rings. The van der Waals surface area contributed by atoms with Crippen molar-refractivity contribution in [2.24, 2.45) is 5.92 Å². The Morgan fingerprint density at radius 2 is 1.95 bits per heavy atom. The Morgan fingerprint density at radius 1 is 1.24 bits per heavy atom. The fraction of sp³-hybridized carbons (Fsp3) is 0.647. The van der Waals surface area contributed by atoms with E-state index in [0.29, 0.717) is 12.0 Å². The molecule has 0 unspecified atom stereocenters. The number of aliphatic hydroxyl groups is 1. The normalized spacial score (nSPS) is 11.4. The summed E-state index contributed by atoms with van der Waals surface area (Å²) in [4.78, 5) is 2.37. The molecule has 0 aromatic heterocycles. The Labute approximate surface area is 137 Å². The second-order valence-corrected chi connectivity index (χ2v) is 7.08. The highest BCUT2D eigenvalue weighted by atomic mass is 79.9. The first-order chi connectivity index (χ1) is 9.95. The molecule has 2 N–H and O–H groups in total. The van der Waals surface area contributed by atoms with Gasteiger partial charge in [0.15, 0.2) is 0 Å². The molecule has 0 heterocycles. The third-order valence-corrected chi connectivity index (χ3v) is 3.90. The second kappa shape index (κ2) is 9.44. The van der Waals surface area contributed by atoms with Crippen LogP contribution in [0.2, 0.25) is 0 Å². The van der Waals surface area contributed by atoms with Gasteiger partial charge in [-0.15, -0.1) is 0 Å². The van der Waals surface area contributed by atoms with E-state index in [1.807, 2.05) is 0 Å². The number of halogens is 1. The second-order valence-electron chi connectivity index (χ2n) is 6.16.